The number of hydrogen-bond donors (Lipinski definition) is 0. The zero-order valence-corrected chi connectivity index (χ0v) is 11.1. The first-order valence-corrected chi connectivity index (χ1v) is 5.84. The van der Waals surface area contributed by atoms with Crippen LogP contribution in [0.15, 0.2) is 4.42 Å². The molecule has 17 heavy (non-hydrogen) atoms. The Bertz CT molecular complexity index is 379. The molecule has 0 aliphatic rings. The predicted octanol–water partition coefficient (Wildman–Crippen LogP) is 2.47. The maximum atomic E-state index is 11.3. The van der Waals surface area contributed by atoms with Crippen molar-refractivity contribution in [3.8, 4) is 0 Å². The topological polar surface area (TPSA) is 65.2 Å². The number of hydrogen-bond acceptors (Lipinski definition) is 5. The second kappa shape index (κ2) is 5.29. The fourth-order valence-electron chi connectivity index (χ4n) is 1.18. The van der Waals surface area contributed by atoms with Gasteiger partial charge in [-0.2, -0.15) is 0 Å². The molecule has 0 bridgehead atoms. The fourth-order valence-corrected chi connectivity index (χ4v) is 1.18. The average molecular weight is 240 g/mol. The highest BCUT2D eigenvalue weighted by Crippen LogP contribution is 2.28. The lowest BCUT2D eigenvalue weighted by Crippen LogP contribution is -2.19. The summed E-state index contributed by atoms with van der Waals surface area (Å²) in [4.78, 5) is 11.3. The molecule has 0 fully saturated rings. The normalized spacial score (nSPS) is 13.5. The molecule has 0 aliphatic carbocycles. The van der Waals surface area contributed by atoms with Crippen molar-refractivity contribution < 1.29 is 13.9 Å². The molecule has 0 spiro atoms. The van der Waals surface area contributed by atoms with Crippen LogP contribution in [0.5, 0.6) is 0 Å². The zero-order valence-electron chi connectivity index (χ0n) is 11.1. The third-order valence-electron chi connectivity index (χ3n) is 2.88. The number of carbonyl (C=O) groups excluding carboxylic acids is 1. The van der Waals surface area contributed by atoms with E-state index in [0.29, 0.717) is 24.8 Å². The summed E-state index contributed by atoms with van der Waals surface area (Å²) in [5.74, 6) is 0.242. The van der Waals surface area contributed by atoms with E-state index in [2.05, 4.69) is 37.9 Å². The summed E-state index contributed by atoms with van der Waals surface area (Å²) in [5.41, 5.74) is 0.165. The van der Waals surface area contributed by atoms with Crippen LogP contribution in [0.4, 0.5) is 0 Å². The molecule has 1 aromatic rings. The van der Waals surface area contributed by atoms with Crippen molar-refractivity contribution >= 4 is 5.97 Å². The molecule has 5 heteroatoms. The van der Waals surface area contributed by atoms with Crippen LogP contribution in [0, 0.1) is 11.3 Å². The molecular formula is C12H20N2O3. The van der Waals surface area contributed by atoms with Crippen molar-refractivity contribution in [3.63, 3.8) is 0 Å². The van der Waals surface area contributed by atoms with Crippen LogP contribution >= 0.6 is 0 Å². The molecular weight excluding hydrogens is 220 g/mol. The van der Waals surface area contributed by atoms with Crippen molar-refractivity contribution in [2.45, 2.75) is 41.0 Å². The molecule has 1 aromatic heterocycles. The van der Waals surface area contributed by atoms with E-state index in [-0.39, 0.29) is 11.3 Å². The van der Waals surface area contributed by atoms with E-state index >= 15 is 0 Å². The molecule has 96 valence electrons. The van der Waals surface area contributed by atoms with E-state index in [1.54, 1.807) is 6.92 Å². The third kappa shape index (κ3) is 3.84. The summed E-state index contributed by atoms with van der Waals surface area (Å²) in [6, 6.07) is 0. The average Bonchev–Trinajstić information content (AvgIpc) is 2.65. The summed E-state index contributed by atoms with van der Waals surface area (Å²) >= 11 is 0. The minimum atomic E-state index is -0.560. The molecule has 0 N–H and O–H groups in total. The number of ether oxygens (including phenoxy) is 1. The van der Waals surface area contributed by atoms with Gasteiger partial charge in [0.2, 0.25) is 5.89 Å². The van der Waals surface area contributed by atoms with E-state index in [1.165, 1.54) is 0 Å². The fraction of sp³-hybridized carbons (Fsp3) is 0.750. The lowest BCUT2D eigenvalue weighted by Gasteiger charge is -2.25. The standard InChI is InChI=1S/C12H20N2O3/c1-6-16-11(15)10-14-13-9(17-10)7-8(2)12(3,4)5/h8H,6-7H2,1-5H3. The number of aromatic nitrogens is 2. The molecule has 1 rings (SSSR count). The van der Waals surface area contributed by atoms with E-state index in [9.17, 15) is 4.79 Å². The molecule has 1 unspecified atom stereocenters. The first kappa shape index (κ1) is 13.7. The van der Waals surface area contributed by atoms with Crippen molar-refractivity contribution in [1.82, 2.24) is 10.2 Å². The number of rotatable bonds is 4. The van der Waals surface area contributed by atoms with Crippen molar-refractivity contribution in [1.29, 1.82) is 0 Å². The van der Waals surface area contributed by atoms with Crippen LogP contribution in [0.3, 0.4) is 0 Å². The Kier molecular flexibility index (Phi) is 4.26. The Morgan fingerprint density at radius 2 is 2.06 bits per heavy atom. The molecule has 5 nitrogen and oxygen atoms in total. The molecule has 0 radical (unpaired) electrons. The van der Waals surface area contributed by atoms with E-state index < -0.39 is 5.97 Å². The zero-order chi connectivity index (χ0) is 13.1. The Labute approximate surface area is 102 Å². The van der Waals surface area contributed by atoms with Crippen LogP contribution in [-0.4, -0.2) is 22.8 Å². The lowest BCUT2D eigenvalue weighted by atomic mass is 9.80. The van der Waals surface area contributed by atoms with Gasteiger partial charge < -0.3 is 9.15 Å². The maximum Gasteiger partial charge on any atom is 0.396 e. The van der Waals surface area contributed by atoms with Crippen LogP contribution in [0.1, 0.15) is 51.2 Å². The summed E-state index contributed by atoms with van der Waals surface area (Å²) in [5, 5.41) is 7.53. The van der Waals surface area contributed by atoms with Gasteiger partial charge in [0, 0.05) is 6.42 Å². The number of nitrogens with zero attached hydrogens (tertiary/aromatic N) is 2. The molecule has 0 amide bonds. The highest BCUT2D eigenvalue weighted by Gasteiger charge is 2.23. The van der Waals surface area contributed by atoms with E-state index in [0.717, 1.165) is 0 Å². The van der Waals surface area contributed by atoms with Gasteiger partial charge >= 0.3 is 11.9 Å². The van der Waals surface area contributed by atoms with Crippen LogP contribution in [-0.2, 0) is 11.2 Å². The van der Waals surface area contributed by atoms with Crippen molar-refractivity contribution in [2.24, 2.45) is 11.3 Å². The van der Waals surface area contributed by atoms with Gasteiger partial charge in [-0.15, -0.1) is 10.2 Å². The second-order valence-electron chi connectivity index (χ2n) is 5.19. The third-order valence-corrected chi connectivity index (χ3v) is 2.88. The minimum absolute atomic E-state index is 0.0667. The van der Waals surface area contributed by atoms with Crippen molar-refractivity contribution in [3.05, 3.63) is 11.8 Å². The molecule has 0 saturated heterocycles. The first-order valence-electron chi connectivity index (χ1n) is 5.84. The first-order chi connectivity index (χ1) is 7.84. The van der Waals surface area contributed by atoms with Crippen LogP contribution < -0.4 is 0 Å². The lowest BCUT2D eigenvalue weighted by molar-refractivity contribution is 0.0478. The number of esters is 1. The Hall–Kier alpha value is -1.39. The van der Waals surface area contributed by atoms with Gasteiger partial charge in [-0.3, -0.25) is 0 Å². The molecule has 0 aliphatic heterocycles. The Morgan fingerprint density at radius 3 is 2.59 bits per heavy atom. The van der Waals surface area contributed by atoms with Gasteiger partial charge in [0.25, 0.3) is 0 Å². The highest BCUT2D eigenvalue weighted by atomic mass is 16.5. The molecule has 0 saturated carbocycles. The van der Waals surface area contributed by atoms with Crippen LogP contribution in [0.25, 0.3) is 0 Å². The second-order valence-corrected chi connectivity index (χ2v) is 5.19. The Morgan fingerprint density at radius 1 is 1.41 bits per heavy atom. The summed E-state index contributed by atoms with van der Waals surface area (Å²) in [7, 11) is 0. The Balaban J connectivity index is 2.66. The van der Waals surface area contributed by atoms with E-state index in [1.807, 2.05) is 0 Å². The maximum absolute atomic E-state index is 11.3. The molecule has 1 heterocycles. The molecule has 1 atom stereocenters. The summed E-state index contributed by atoms with van der Waals surface area (Å²) < 4.78 is 10.0. The predicted molar refractivity (Wildman–Crippen MR) is 62.6 cm³/mol. The van der Waals surface area contributed by atoms with Gasteiger partial charge in [0.15, 0.2) is 0 Å². The smallest absolute Gasteiger partial charge is 0.396 e. The monoisotopic (exact) mass is 240 g/mol. The van der Waals surface area contributed by atoms with E-state index in [4.69, 9.17) is 9.15 Å². The summed E-state index contributed by atoms with van der Waals surface area (Å²) in [6.45, 7) is 10.6. The van der Waals surface area contributed by atoms with Gasteiger partial charge in [-0.25, -0.2) is 4.79 Å². The van der Waals surface area contributed by atoms with Gasteiger partial charge in [0.05, 0.1) is 6.61 Å². The van der Waals surface area contributed by atoms with Gasteiger partial charge in [-0.05, 0) is 18.3 Å². The van der Waals surface area contributed by atoms with Crippen molar-refractivity contribution in [2.75, 3.05) is 6.61 Å². The summed E-state index contributed by atoms with van der Waals surface area (Å²) in [6.07, 6.45) is 0.663. The van der Waals surface area contributed by atoms with Crippen LogP contribution in [0.2, 0.25) is 0 Å². The number of carbonyl (C=O) groups is 1. The van der Waals surface area contributed by atoms with Gasteiger partial charge in [0.1, 0.15) is 0 Å². The SMILES string of the molecule is CCOC(=O)c1nnc(CC(C)C(C)(C)C)o1. The minimum Gasteiger partial charge on any atom is -0.459 e. The highest BCUT2D eigenvalue weighted by molar-refractivity contribution is 5.83. The van der Waals surface area contributed by atoms with Gasteiger partial charge in [-0.1, -0.05) is 27.7 Å². The largest absolute Gasteiger partial charge is 0.459 e. The quantitative estimate of drug-likeness (QED) is 0.756. The molecule has 0 aromatic carbocycles.